The summed E-state index contributed by atoms with van der Waals surface area (Å²) in [7, 11) is 0. The fourth-order valence-electron chi connectivity index (χ4n) is 2.52. The summed E-state index contributed by atoms with van der Waals surface area (Å²) >= 11 is 5.71. The van der Waals surface area contributed by atoms with E-state index in [0.717, 1.165) is 12.0 Å². The third-order valence-electron chi connectivity index (χ3n) is 3.84. The molecule has 1 fully saturated rings. The van der Waals surface area contributed by atoms with Crippen LogP contribution in [0.4, 0.5) is 4.39 Å². The van der Waals surface area contributed by atoms with E-state index in [1.165, 1.54) is 12.1 Å². The second-order valence-electron chi connectivity index (χ2n) is 5.70. The number of allylic oxidation sites excluding steroid dienone is 1. The van der Waals surface area contributed by atoms with E-state index < -0.39 is 12.1 Å². The number of ether oxygens (including phenoxy) is 2. The van der Waals surface area contributed by atoms with E-state index in [2.05, 4.69) is 24.1 Å². The van der Waals surface area contributed by atoms with Crippen LogP contribution in [0, 0.1) is 11.7 Å². The maximum absolute atomic E-state index is 13.6. The minimum Gasteiger partial charge on any atom is -0.348 e. The summed E-state index contributed by atoms with van der Waals surface area (Å²) in [4.78, 5) is 4.38. The van der Waals surface area contributed by atoms with Crippen molar-refractivity contribution in [2.24, 2.45) is 5.92 Å². The Morgan fingerprint density at radius 3 is 2.67 bits per heavy atom. The first-order valence-electron chi connectivity index (χ1n) is 7.98. The average molecular weight is 348 g/mol. The van der Waals surface area contributed by atoms with E-state index in [1.54, 1.807) is 12.3 Å². The molecule has 0 bridgehead atoms. The minimum atomic E-state index is -0.454. The molecule has 126 valence electrons. The number of benzene rings is 1. The number of halogens is 2. The minimum absolute atomic E-state index is 0.103. The topological polar surface area (TPSA) is 31.4 Å². The Labute approximate surface area is 146 Å². The smallest absolute Gasteiger partial charge is 0.185 e. The maximum atomic E-state index is 13.6. The molecule has 1 saturated heterocycles. The van der Waals surface area contributed by atoms with Gasteiger partial charge in [-0.15, -0.1) is 0 Å². The molecule has 5 heteroatoms. The van der Waals surface area contributed by atoms with Crippen LogP contribution in [0.15, 0.2) is 48.7 Å². The second kappa shape index (κ2) is 7.88. The van der Waals surface area contributed by atoms with Crippen molar-refractivity contribution in [1.29, 1.82) is 0 Å². The van der Waals surface area contributed by atoms with Gasteiger partial charge >= 0.3 is 0 Å². The molecule has 0 amide bonds. The molecular weight excluding hydrogens is 329 g/mol. The highest BCUT2D eigenvalue weighted by Gasteiger charge is 2.22. The van der Waals surface area contributed by atoms with Gasteiger partial charge in [0.25, 0.3) is 0 Å². The summed E-state index contributed by atoms with van der Waals surface area (Å²) in [6.07, 6.45) is 6.57. The van der Waals surface area contributed by atoms with Gasteiger partial charge in [-0.05, 0) is 24.6 Å². The highest BCUT2D eigenvalue weighted by molar-refractivity contribution is 6.30. The van der Waals surface area contributed by atoms with Crippen molar-refractivity contribution in [2.75, 3.05) is 13.2 Å². The van der Waals surface area contributed by atoms with Crippen molar-refractivity contribution >= 4 is 11.6 Å². The van der Waals surface area contributed by atoms with Crippen molar-refractivity contribution in [3.05, 3.63) is 65.1 Å². The van der Waals surface area contributed by atoms with E-state index in [1.807, 2.05) is 12.1 Å². The fourth-order valence-corrected chi connectivity index (χ4v) is 2.64. The van der Waals surface area contributed by atoms with Crippen LogP contribution in [0.2, 0.25) is 5.02 Å². The first-order chi connectivity index (χ1) is 11.7. The summed E-state index contributed by atoms with van der Waals surface area (Å²) in [5.74, 6) is -0.157. The van der Waals surface area contributed by atoms with Gasteiger partial charge in [0, 0.05) is 23.2 Å². The van der Waals surface area contributed by atoms with Crippen molar-refractivity contribution in [3.63, 3.8) is 0 Å². The maximum Gasteiger partial charge on any atom is 0.185 e. The molecule has 2 aromatic rings. The number of hydrogen-bond acceptors (Lipinski definition) is 3. The first-order valence-corrected chi connectivity index (χ1v) is 8.36. The lowest BCUT2D eigenvalue weighted by atomic mass is 10.1. The molecule has 1 aromatic carbocycles. The first kappa shape index (κ1) is 17.1. The van der Waals surface area contributed by atoms with Gasteiger partial charge in [-0.3, -0.25) is 4.98 Å². The van der Waals surface area contributed by atoms with Crippen LogP contribution >= 0.6 is 11.6 Å². The zero-order valence-corrected chi connectivity index (χ0v) is 14.2. The van der Waals surface area contributed by atoms with Gasteiger partial charge in [0.15, 0.2) is 6.29 Å². The molecule has 24 heavy (non-hydrogen) atoms. The van der Waals surface area contributed by atoms with E-state index >= 15 is 0 Å². The number of nitrogens with zero attached hydrogens (tertiary/aromatic N) is 1. The SMILES string of the molecule is CCC=C[C@H]1CO[C@H](c2ccc(-c3ccc(Cl)c(F)c3)nc2)OC1. The number of rotatable bonds is 4. The Morgan fingerprint density at radius 1 is 1.25 bits per heavy atom. The van der Waals surface area contributed by atoms with Gasteiger partial charge in [0.2, 0.25) is 0 Å². The third-order valence-corrected chi connectivity index (χ3v) is 4.15. The lowest BCUT2D eigenvalue weighted by Gasteiger charge is -2.28. The van der Waals surface area contributed by atoms with E-state index in [-0.39, 0.29) is 5.02 Å². The molecule has 0 unspecified atom stereocenters. The molecule has 0 N–H and O–H groups in total. The number of aromatic nitrogens is 1. The van der Waals surface area contributed by atoms with Crippen LogP contribution in [0.5, 0.6) is 0 Å². The number of pyridine rings is 1. The molecule has 0 radical (unpaired) electrons. The lowest BCUT2D eigenvalue weighted by molar-refractivity contribution is -0.197. The monoisotopic (exact) mass is 347 g/mol. The third kappa shape index (κ3) is 4.01. The predicted octanol–water partition coefficient (Wildman–Crippen LogP) is 5.17. The molecule has 3 nitrogen and oxygen atoms in total. The molecule has 1 aromatic heterocycles. The molecule has 0 aliphatic carbocycles. The average Bonchev–Trinajstić information content (AvgIpc) is 2.63. The molecule has 1 aliphatic heterocycles. The van der Waals surface area contributed by atoms with Crippen LogP contribution in [0.3, 0.4) is 0 Å². The fraction of sp³-hybridized carbons (Fsp3) is 0.316. The van der Waals surface area contributed by atoms with Crippen LogP contribution in [0.1, 0.15) is 25.2 Å². The Morgan fingerprint density at radius 2 is 2.04 bits per heavy atom. The lowest BCUT2D eigenvalue weighted by Crippen LogP contribution is -2.25. The Bertz CT molecular complexity index is 710. The number of hydrogen-bond donors (Lipinski definition) is 0. The van der Waals surface area contributed by atoms with Gasteiger partial charge in [0.1, 0.15) is 5.82 Å². The predicted molar refractivity (Wildman–Crippen MR) is 92.2 cm³/mol. The summed E-state index contributed by atoms with van der Waals surface area (Å²) in [5.41, 5.74) is 2.21. The molecule has 3 rings (SSSR count). The summed E-state index contributed by atoms with van der Waals surface area (Å²) in [6, 6.07) is 8.36. The molecule has 0 saturated carbocycles. The quantitative estimate of drug-likeness (QED) is 0.715. The Kier molecular flexibility index (Phi) is 5.61. The normalized spacial score (nSPS) is 21.3. The van der Waals surface area contributed by atoms with Crippen LogP contribution < -0.4 is 0 Å². The van der Waals surface area contributed by atoms with Gasteiger partial charge < -0.3 is 9.47 Å². The highest BCUT2D eigenvalue weighted by Crippen LogP contribution is 2.27. The molecule has 1 aliphatic rings. The van der Waals surface area contributed by atoms with Crippen molar-refractivity contribution < 1.29 is 13.9 Å². The van der Waals surface area contributed by atoms with Crippen LogP contribution in [-0.2, 0) is 9.47 Å². The second-order valence-corrected chi connectivity index (χ2v) is 6.11. The van der Waals surface area contributed by atoms with Crippen LogP contribution in [0.25, 0.3) is 11.3 Å². The van der Waals surface area contributed by atoms with Crippen LogP contribution in [-0.4, -0.2) is 18.2 Å². The molecule has 2 heterocycles. The summed E-state index contributed by atoms with van der Waals surface area (Å²) < 4.78 is 25.1. The largest absolute Gasteiger partial charge is 0.348 e. The zero-order chi connectivity index (χ0) is 16.9. The zero-order valence-electron chi connectivity index (χ0n) is 13.4. The standard InChI is InChI=1S/C19H19ClFNO2/c1-2-3-4-13-11-23-19(24-12-13)15-6-8-18(22-10-15)14-5-7-16(20)17(21)9-14/h3-10,13,19H,2,11-12H2,1H3/t13-,19-. The Balaban J connectivity index is 1.67. The van der Waals surface area contributed by atoms with Gasteiger partial charge in [0.05, 0.1) is 23.9 Å². The van der Waals surface area contributed by atoms with E-state index in [4.69, 9.17) is 21.1 Å². The molecule has 0 atom stereocenters. The highest BCUT2D eigenvalue weighted by atomic mass is 35.5. The van der Waals surface area contributed by atoms with Gasteiger partial charge in [-0.1, -0.05) is 42.8 Å². The van der Waals surface area contributed by atoms with Gasteiger partial charge in [-0.2, -0.15) is 0 Å². The summed E-state index contributed by atoms with van der Waals surface area (Å²) in [6.45, 7) is 3.36. The van der Waals surface area contributed by atoms with E-state index in [9.17, 15) is 4.39 Å². The summed E-state index contributed by atoms with van der Waals surface area (Å²) in [5, 5.41) is 0.103. The Hall–Kier alpha value is -1.75. The van der Waals surface area contributed by atoms with Crippen molar-refractivity contribution in [1.82, 2.24) is 4.98 Å². The molecular formula is C19H19ClFNO2. The van der Waals surface area contributed by atoms with Crippen molar-refractivity contribution in [2.45, 2.75) is 19.6 Å². The molecule has 0 spiro atoms. The van der Waals surface area contributed by atoms with Crippen molar-refractivity contribution in [3.8, 4) is 11.3 Å². The van der Waals surface area contributed by atoms with E-state index in [0.29, 0.717) is 30.4 Å². The van der Waals surface area contributed by atoms with Gasteiger partial charge in [-0.25, -0.2) is 4.39 Å².